The fourth-order valence-corrected chi connectivity index (χ4v) is 1.80. The molecule has 1 atom stereocenters. The summed E-state index contributed by atoms with van der Waals surface area (Å²) in [6.07, 6.45) is -2.42. The van der Waals surface area contributed by atoms with Gasteiger partial charge in [-0.1, -0.05) is 0 Å². The summed E-state index contributed by atoms with van der Waals surface area (Å²) in [5, 5.41) is 6.47. The molecule has 0 amide bonds. The normalized spacial score (nSPS) is 22.2. The Balaban J connectivity index is 2.11. The lowest BCUT2D eigenvalue weighted by atomic mass is 10.1. The van der Waals surface area contributed by atoms with E-state index in [-0.39, 0.29) is 6.04 Å². The van der Waals surface area contributed by atoms with E-state index in [4.69, 9.17) is 0 Å². The molecule has 0 saturated carbocycles. The van der Waals surface area contributed by atoms with Gasteiger partial charge in [-0.2, -0.15) is 13.2 Å². The summed E-state index contributed by atoms with van der Waals surface area (Å²) >= 11 is 0. The molecule has 1 aliphatic rings. The Labute approximate surface area is 97.4 Å². The van der Waals surface area contributed by atoms with Crippen molar-refractivity contribution in [1.29, 1.82) is 0 Å². The van der Waals surface area contributed by atoms with E-state index in [0.29, 0.717) is 12.2 Å². The van der Waals surface area contributed by atoms with Gasteiger partial charge in [0.25, 0.3) is 0 Å². The average Bonchev–Trinajstić information content (AvgIpc) is 2.56. The molecule has 3 nitrogen and oxygen atoms in total. The second-order valence-corrected chi connectivity index (χ2v) is 4.03. The van der Waals surface area contributed by atoms with Crippen molar-refractivity contribution in [1.82, 2.24) is 15.6 Å². The van der Waals surface area contributed by atoms with Gasteiger partial charge in [0.1, 0.15) is 0 Å². The van der Waals surface area contributed by atoms with E-state index in [9.17, 15) is 13.2 Å². The number of alkyl halides is 3. The minimum Gasteiger partial charge on any atom is -0.315 e. The van der Waals surface area contributed by atoms with Gasteiger partial charge in [0.15, 0.2) is 0 Å². The Morgan fingerprint density at radius 2 is 2.06 bits per heavy atom. The summed E-state index contributed by atoms with van der Waals surface area (Å²) < 4.78 is 37.1. The Kier molecular flexibility index (Phi) is 3.63. The van der Waals surface area contributed by atoms with E-state index >= 15 is 0 Å². The summed E-state index contributed by atoms with van der Waals surface area (Å²) in [5.41, 5.74) is -0.0600. The van der Waals surface area contributed by atoms with E-state index in [1.807, 2.05) is 0 Å². The fourth-order valence-electron chi connectivity index (χ4n) is 1.80. The van der Waals surface area contributed by atoms with E-state index in [1.54, 1.807) is 0 Å². The molecule has 0 aromatic carbocycles. The molecular weight excluding hydrogens is 231 g/mol. The van der Waals surface area contributed by atoms with Crippen molar-refractivity contribution in [3.05, 3.63) is 29.6 Å². The highest BCUT2D eigenvalue weighted by molar-refractivity contribution is 5.19. The topological polar surface area (TPSA) is 37.0 Å². The summed E-state index contributed by atoms with van der Waals surface area (Å²) in [7, 11) is 0. The van der Waals surface area contributed by atoms with Crippen LogP contribution in [0, 0.1) is 0 Å². The van der Waals surface area contributed by atoms with Crippen LogP contribution in [0.25, 0.3) is 0 Å². The number of rotatable bonds is 1. The van der Waals surface area contributed by atoms with Crippen LogP contribution >= 0.6 is 0 Å². The first-order valence-corrected chi connectivity index (χ1v) is 5.54. The third-order valence-corrected chi connectivity index (χ3v) is 2.74. The quantitative estimate of drug-likeness (QED) is 0.791. The molecular formula is C11H14F3N3. The monoisotopic (exact) mass is 245 g/mol. The zero-order chi connectivity index (χ0) is 12.3. The minimum absolute atomic E-state index is 0.0141. The van der Waals surface area contributed by atoms with Crippen LogP contribution < -0.4 is 10.6 Å². The van der Waals surface area contributed by atoms with Gasteiger partial charge in [-0.3, -0.25) is 4.98 Å². The molecule has 0 aliphatic carbocycles. The van der Waals surface area contributed by atoms with Crippen LogP contribution in [0.1, 0.15) is 23.7 Å². The third-order valence-electron chi connectivity index (χ3n) is 2.74. The lowest BCUT2D eigenvalue weighted by molar-refractivity contribution is -0.137. The van der Waals surface area contributed by atoms with Crippen molar-refractivity contribution in [3.63, 3.8) is 0 Å². The lowest BCUT2D eigenvalue weighted by Crippen LogP contribution is -2.28. The van der Waals surface area contributed by atoms with E-state index in [0.717, 1.165) is 31.8 Å². The lowest BCUT2D eigenvalue weighted by Gasteiger charge is -2.15. The van der Waals surface area contributed by atoms with Gasteiger partial charge >= 0.3 is 6.18 Å². The number of halogens is 3. The third kappa shape index (κ3) is 3.17. The standard InChI is InChI=1S/C11H14F3N3/c12-11(13,14)8-2-3-9(17-6-8)10-7-15-4-1-5-16-10/h2-3,6,10,15-16H,1,4-5,7H2. The number of hydrogen-bond acceptors (Lipinski definition) is 3. The Morgan fingerprint density at radius 3 is 2.71 bits per heavy atom. The average molecular weight is 245 g/mol. The van der Waals surface area contributed by atoms with Crippen LogP contribution in [-0.4, -0.2) is 24.6 Å². The molecule has 17 heavy (non-hydrogen) atoms. The van der Waals surface area contributed by atoms with Crippen molar-refractivity contribution in [2.45, 2.75) is 18.6 Å². The summed E-state index contributed by atoms with van der Waals surface area (Å²) in [6.45, 7) is 2.46. The molecule has 2 N–H and O–H groups in total. The first-order chi connectivity index (χ1) is 8.07. The molecule has 1 unspecified atom stereocenters. The highest BCUT2D eigenvalue weighted by Crippen LogP contribution is 2.28. The minimum atomic E-state index is -4.32. The predicted molar refractivity (Wildman–Crippen MR) is 57.5 cm³/mol. The molecule has 2 heterocycles. The smallest absolute Gasteiger partial charge is 0.315 e. The van der Waals surface area contributed by atoms with Crippen molar-refractivity contribution in [3.8, 4) is 0 Å². The molecule has 0 spiro atoms. The van der Waals surface area contributed by atoms with Gasteiger partial charge in [0.05, 0.1) is 17.3 Å². The van der Waals surface area contributed by atoms with Crippen molar-refractivity contribution >= 4 is 0 Å². The van der Waals surface area contributed by atoms with E-state index < -0.39 is 11.7 Å². The number of aromatic nitrogens is 1. The summed E-state index contributed by atoms with van der Waals surface area (Å²) in [4.78, 5) is 3.89. The van der Waals surface area contributed by atoms with Gasteiger partial charge < -0.3 is 10.6 Å². The van der Waals surface area contributed by atoms with Crippen molar-refractivity contribution < 1.29 is 13.2 Å². The van der Waals surface area contributed by atoms with Gasteiger partial charge in [0.2, 0.25) is 0 Å². The second kappa shape index (κ2) is 5.01. The molecule has 1 aromatic heterocycles. The molecule has 1 saturated heterocycles. The molecule has 6 heteroatoms. The fraction of sp³-hybridized carbons (Fsp3) is 0.545. The molecule has 2 rings (SSSR count). The largest absolute Gasteiger partial charge is 0.417 e. The van der Waals surface area contributed by atoms with E-state index in [1.165, 1.54) is 6.07 Å². The maximum Gasteiger partial charge on any atom is 0.417 e. The Hall–Kier alpha value is -1.14. The number of pyridine rings is 1. The van der Waals surface area contributed by atoms with Crippen LogP contribution in [-0.2, 0) is 6.18 Å². The van der Waals surface area contributed by atoms with Crippen LogP contribution in [0.15, 0.2) is 18.3 Å². The Morgan fingerprint density at radius 1 is 1.24 bits per heavy atom. The van der Waals surface area contributed by atoms with Crippen molar-refractivity contribution in [2.75, 3.05) is 19.6 Å². The van der Waals surface area contributed by atoms with Gasteiger partial charge in [-0.25, -0.2) is 0 Å². The maximum absolute atomic E-state index is 12.4. The van der Waals surface area contributed by atoms with Crippen LogP contribution in [0.4, 0.5) is 13.2 Å². The van der Waals surface area contributed by atoms with Crippen LogP contribution in [0.2, 0.25) is 0 Å². The number of nitrogens with one attached hydrogen (secondary N) is 2. The first-order valence-electron chi connectivity index (χ1n) is 5.54. The molecule has 1 aromatic rings. The molecule has 0 radical (unpaired) electrons. The van der Waals surface area contributed by atoms with Crippen LogP contribution in [0.3, 0.4) is 0 Å². The van der Waals surface area contributed by atoms with Gasteiger partial charge in [-0.05, 0) is 31.6 Å². The zero-order valence-corrected chi connectivity index (χ0v) is 9.22. The van der Waals surface area contributed by atoms with Crippen molar-refractivity contribution in [2.24, 2.45) is 0 Å². The molecule has 94 valence electrons. The van der Waals surface area contributed by atoms with Gasteiger partial charge in [-0.15, -0.1) is 0 Å². The predicted octanol–water partition coefficient (Wildman–Crippen LogP) is 1.72. The molecule has 1 fully saturated rings. The van der Waals surface area contributed by atoms with E-state index in [2.05, 4.69) is 15.6 Å². The molecule has 1 aliphatic heterocycles. The van der Waals surface area contributed by atoms with Crippen LogP contribution in [0.5, 0.6) is 0 Å². The van der Waals surface area contributed by atoms with Gasteiger partial charge in [0, 0.05) is 12.7 Å². The maximum atomic E-state index is 12.4. The first kappa shape index (κ1) is 12.3. The Bertz CT molecular complexity index is 353. The zero-order valence-electron chi connectivity index (χ0n) is 9.22. The summed E-state index contributed by atoms with van der Waals surface area (Å²) in [5.74, 6) is 0. The number of nitrogens with zero attached hydrogens (tertiary/aromatic N) is 1. The molecule has 0 bridgehead atoms. The second-order valence-electron chi connectivity index (χ2n) is 4.03. The number of hydrogen-bond donors (Lipinski definition) is 2. The highest BCUT2D eigenvalue weighted by atomic mass is 19.4. The summed E-state index contributed by atoms with van der Waals surface area (Å²) in [6, 6.07) is 2.50. The highest BCUT2D eigenvalue weighted by Gasteiger charge is 2.31. The SMILES string of the molecule is FC(F)(F)c1ccc(C2CNCCCN2)nc1.